The lowest BCUT2D eigenvalue weighted by atomic mass is 9.95. The Bertz CT molecular complexity index is 620. The van der Waals surface area contributed by atoms with E-state index in [0.29, 0.717) is 6.42 Å². The van der Waals surface area contributed by atoms with Gasteiger partial charge in [0.25, 0.3) is 0 Å². The zero-order valence-electron chi connectivity index (χ0n) is 15.8. The Morgan fingerprint density at radius 2 is 1.64 bits per heavy atom. The molecule has 0 spiro atoms. The van der Waals surface area contributed by atoms with Gasteiger partial charge in [0.2, 0.25) is 11.8 Å². The molecule has 0 saturated heterocycles. The summed E-state index contributed by atoms with van der Waals surface area (Å²) in [6.07, 6.45) is 0.335. The fourth-order valence-electron chi connectivity index (χ4n) is 2.73. The van der Waals surface area contributed by atoms with Crippen molar-refractivity contribution in [3.05, 3.63) is 34.9 Å². The molecule has 2 N–H and O–H groups in total. The normalized spacial score (nSPS) is 13.1. The van der Waals surface area contributed by atoms with Crippen LogP contribution in [0.3, 0.4) is 0 Å². The first kappa shape index (κ1) is 20.7. The van der Waals surface area contributed by atoms with Crippen LogP contribution in [0.4, 0.5) is 0 Å². The number of methoxy groups -OCH3 is 1. The topological polar surface area (TPSA) is 84.5 Å². The molecule has 6 nitrogen and oxygen atoms in total. The van der Waals surface area contributed by atoms with Gasteiger partial charge in [0.15, 0.2) is 0 Å². The molecule has 0 aliphatic heterocycles. The number of aryl methyl sites for hydroxylation is 2. The molecule has 0 aromatic heterocycles. The molecule has 1 aromatic carbocycles. The molecule has 0 bridgehead atoms. The van der Waals surface area contributed by atoms with Gasteiger partial charge in [0.05, 0.1) is 7.11 Å². The number of benzene rings is 1. The number of nitrogens with one attached hydrogen (secondary N) is 2. The fourth-order valence-corrected chi connectivity index (χ4v) is 2.73. The summed E-state index contributed by atoms with van der Waals surface area (Å²) in [6.45, 7) is 8.95. The number of carbonyl (C=O) groups excluding carboxylic acids is 3. The Morgan fingerprint density at radius 1 is 1.08 bits per heavy atom. The van der Waals surface area contributed by atoms with Gasteiger partial charge < -0.3 is 15.4 Å². The Hall–Kier alpha value is -2.37. The molecule has 0 heterocycles. The highest BCUT2D eigenvalue weighted by Gasteiger charge is 2.29. The number of amides is 2. The molecule has 6 heteroatoms. The van der Waals surface area contributed by atoms with Crippen molar-refractivity contribution in [3.8, 4) is 0 Å². The molecule has 0 saturated carbocycles. The Morgan fingerprint density at radius 3 is 2.08 bits per heavy atom. The molecule has 0 aliphatic rings. The van der Waals surface area contributed by atoms with E-state index in [1.807, 2.05) is 45.9 Å². The number of rotatable bonds is 7. The van der Waals surface area contributed by atoms with Crippen LogP contribution in [-0.4, -0.2) is 37.0 Å². The van der Waals surface area contributed by atoms with Crippen LogP contribution in [0.25, 0.3) is 0 Å². The van der Waals surface area contributed by atoms with Gasteiger partial charge in [-0.3, -0.25) is 9.59 Å². The lowest BCUT2D eigenvalue weighted by molar-refractivity contribution is -0.145. The average molecular weight is 348 g/mol. The van der Waals surface area contributed by atoms with E-state index in [2.05, 4.69) is 10.6 Å². The minimum Gasteiger partial charge on any atom is -0.467 e. The van der Waals surface area contributed by atoms with E-state index in [1.165, 1.54) is 14.0 Å². The summed E-state index contributed by atoms with van der Waals surface area (Å²) >= 11 is 0. The average Bonchev–Trinajstić information content (AvgIpc) is 2.53. The highest BCUT2D eigenvalue weighted by molar-refractivity contribution is 5.90. The van der Waals surface area contributed by atoms with E-state index in [9.17, 15) is 14.4 Å². The van der Waals surface area contributed by atoms with Gasteiger partial charge in [0, 0.05) is 13.3 Å². The monoisotopic (exact) mass is 348 g/mol. The maximum absolute atomic E-state index is 12.6. The third kappa shape index (κ3) is 5.89. The van der Waals surface area contributed by atoms with Crippen molar-refractivity contribution >= 4 is 17.8 Å². The predicted molar refractivity (Wildman–Crippen MR) is 96.0 cm³/mol. The fraction of sp³-hybridized carbons (Fsp3) is 0.526. The number of hydrogen-bond donors (Lipinski definition) is 2. The number of hydrogen-bond acceptors (Lipinski definition) is 4. The smallest absolute Gasteiger partial charge is 0.328 e. The second kappa shape index (κ2) is 9.20. The van der Waals surface area contributed by atoms with Crippen molar-refractivity contribution in [3.63, 3.8) is 0 Å². The Balaban J connectivity index is 3.01. The quantitative estimate of drug-likeness (QED) is 0.734. The third-order valence-electron chi connectivity index (χ3n) is 4.16. The summed E-state index contributed by atoms with van der Waals surface area (Å²) in [4.78, 5) is 36.1. The van der Waals surface area contributed by atoms with E-state index in [0.717, 1.165) is 16.7 Å². The third-order valence-corrected chi connectivity index (χ3v) is 4.16. The van der Waals surface area contributed by atoms with Crippen LogP contribution in [0.2, 0.25) is 0 Å². The van der Waals surface area contributed by atoms with Crippen molar-refractivity contribution in [2.45, 2.75) is 53.1 Å². The largest absolute Gasteiger partial charge is 0.467 e. The van der Waals surface area contributed by atoms with Crippen LogP contribution in [0.15, 0.2) is 18.2 Å². The summed E-state index contributed by atoms with van der Waals surface area (Å²) in [5.74, 6) is -1.31. The minimum atomic E-state index is -0.813. The van der Waals surface area contributed by atoms with Crippen LogP contribution in [0, 0.1) is 19.8 Å². The van der Waals surface area contributed by atoms with Gasteiger partial charge in [-0.2, -0.15) is 0 Å². The van der Waals surface area contributed by atoms with Gasteiger partial charge in [-0.05, 0) is 36.5 Å². The van der Waals surface area contributed by atoms with Crippen molar-refractivity contribution in [2.24, 2.45) is 5.92 Å². The van der Waals surface area contributed by atoms with E-state index >= 15 is 0 Å². The van der Waals surface area contributed by atoms with Crippen molar-refractivity contribution in [2.75, 3.05) is 7.11 Å². The molecule has 2 amide bonds. The molecule has 0 radical (unpaired) electrons. The molecule has 2 atom stereocenters. The molecule has 25 heavy (non-hydrogen) atoms. The van der Waals surface area contributed by atoms with Gasteiger partial charge in [-0.25, -0.2) is 4.79 Å². The van der Waals surface area contributed by atoms with Crippen LogP contribution in [0.1, 0.15) is 37.5 Å². The summed E-state index contributed by atoms with van der Waals surface area (Å²) in [5.41, 5.74) is 3.09. The summed E-state index contributed by atoms with van der Waals surface area (Å²) in [5, 5.41) is 5.35. The van der Waals surface area contributed by atoms with Crippen molar-refractivity contribution in [1.82, 2.24) is 10.6 Å². The molecule has 138 valence electrons. The first-order chi connectivity index (χ1) is 11.7. The van der Waals surface area contributed by atoms with Gasteiger partial charge >= 0.3 is 5.97 Å². The zero-order chi connectivity index (χ0) is 19.1. The first-order valence-electron chi connectivity index (χ1n) is 8.37. The molecule has 0 aliphatic carbocycles. The maximum atomic E-state index is 12.6. The molecular formula is C19H28N2O4. The molecule has 0 unspecified atom stereocenters. The highest BCUT2D eigenvalue weighted by atomic mass is 16.5. The number of carbonyl (C=O) groups is 3. The Labute approximate surface area is 149 Å². The van der Waals surface area contributed by atoms with Crippen LogP contribution in [0.5, 0.6) is 0 Å². The maximum Gasteiger partial charge on any atom is 0.328 e. The number of ether oxygens (including phenoxy) is 1. The zero-order valence-corrected chi connectivity index (χ0v) is 15.8. The second-order valence-electron chi connectivity index (χ2n) is 6.58. The van der Waals surface area contributed by atoms with Crippen LogP contribution < -0.4 is 10.6 Å². The molecule has 1 aromatic rings. The van der Waals surface area contributed by atoms with E-state index in [4.69, 9.17) is 4.74 Å². The molecular weight excluding hydrogens is 320 g/mol. The molecule has 1 rings (SSSR count). The summed E-state index contributed by atoms with van der Waals surface area (Å²) in [6, 6.07) is 4.36. The van der Waals surface area contributed by atoms with Gasteiger partial charge in [-0.15, -0.1) is 0 Å². The standard InChI is InChI=1S/C19H28N2O4/c1-11(2)17(20-14(5)22)18(23)21-16(19(24)25-6)10-15-12(3)8-7-9-13(15)4/h7-9,11,16-17H,10H2,1-6H3,(H,20,22)(H,21,23)/t16-,17+/m0/s1. The van der Waals surface area contributed by atoms with E-state index in [-0.39, 0.29) is 11.8 Å². The second-order valence-corrected chi connectivity index (χ2v) is 6.58. The minimum absolute atomic E-state index is 0.109. The van der Waals surface area contributed by atoms with Crippen LogP contribution >= 0.6 is 0 Å². The van der Waals surface area contributed by atoms with E-state index < -0.39 is 24.0 Å². The predicted octanol–water partition coefficient (Wildman–Crippen LogP) is 1.66. The van der Waals surface area contributed by atoms with Gasteiger partial charge in [0.1, 0.15) is 12.1 Å². The lowest BCUT2D eigenvalue weighted by Crippen LogP contribution is -2.54. The van der Waals surface area contributed by atoms with Gasteiger partial charge in [-0.1, -0.05) is 32.0 Å². The summed E-state index contributed by atoms with van der Waals surface area (Å²) in [7, 11) is 1.29. The SMILES string of the molecule is COC(=O)[C@H](Cc1c(C)cccc1C)NC(=O)[C@H](NC(C)=O)C(C)C. The first-order valence-corrected chi connectivity index (χ1v) is 8.37. The number of esters is 1. The van der Waals surface area contributed by atoms with Crippen molar-refractivity contribution in [1.29, 1.82) is 0 Å². The van der Waals surface area contributed by atoms with Crippen molar-refractivity contribution < 1.29 is 19.1 Å². The van der Waals surface area contributed by atoms with Crippen LogP contribution in [-0.2, 0) is 25.5 Å². The molecule has 0 fully saturated rings. The lowest BCUT2D eigenvalue weighted by Gasteiger charge is -2.25. The van der Waals surface area contributed by atoms with E-state index in [1.54, 1.807) is 0 Å². The Kier molecular flexibility index (Phi) is 7.61. The highest BCUT2D eigenvalue weighted by Crippen LogP contribution is 2.16. The summed E-state index contributed by atoms with van der Waals surface area (Å²) < 4.78 is 4.85.